The van der Waals surface area contributed by atoms with E-state index in [0.717, 1.165) is 5.56 Å². The van der Waals surface area contributed by atoms with E-state index in [1.807, 2.05) is 0 Å². The summed E-state index contributed by atoms with van der Waals surface area (Å²) in [5, 5.41) is 2.68. The summed E-state index contributed by atoms with van der Waals surface area (Å²) < 4.78 is 13.9. The SMILES string of the molecule is Cc1cc(Br)c(F)cc1NC(=O)c1ccc(NN)cc1. The van der Waals surface area contributed by atoms with Crippen LogP contribution in [-0.4, -0.2) is 5.91 Å². The highest BCUT2D eigenvalue weighted by molar-refractivity contribution is 9.10. The van der Waals surface area contributed by atoms with Gasteiger partial charge in [-0.3, -0.25) is 10.6 Å². The molecule has 0 aromatic heterocycles. The van der Waals surface area contributed by atoms with Crippen molar-refractivity contribution in [2.75, 3.05) is 10.7 Å². The lowest BCUT2D eigenvalue weighted by atomic mass is 10.1. The molecule has 1 amide bonds. The molecule has 20 heavy (non-hydrogen) atoms. The van der Waals surface area contributed by atoms with Gasteiger partial charge in [-0.1, -0.05) is 0 Å². The summed E-state index contributed by atoms with van der Waals surface area (Å²) in [5.41, 5.74) is 4.86. The molecule has 2 aromatic carbocycles. The zero-order chi connectivity index (χ0) is 14.7. The molecule has 2 rings (SSSR count). The van der Waals surface area contributed by atoms with Crippen LogP contribution < -0.4 is 16.6 Å². The Kier molecular flexibility index (Phi) is 4.36. The number of benzene rings is 2. The Morgan fingerprint density at radius 3 is 2.50 bits per heavy atom. The van der Waals surface area contributed by atoms with Crippen molar-refractivity contribution < 1.29 is 9.18 Å². The summed E-state index contributed by atoms with van der Waals surface area (Å²) in [7, 11) is 0. The van der Waals surface area contributed by atoms with Gasteiger partial charge >= 0.3 is 0 Å². The molecule has 0 heterocycles. The van der Waals surface area contributed by atoms with Crippen molar-refractivity contribution in [1.29, 1.82) is 0 Å². The molecule has 0 aliphatic carbocycles. The summed E-state index contributed by atoms with van der Waals surface area (Å²) >= 11 is 3.10. The predicted molar refractivity (Wildman–Crippen MR) is 81.0 cm³/mol. The zero-order valence-electron chi connectivity index (χ0n) is 10.7. The molecule has 0 fully saturated rings. The van der Waals surface area contributed by atoms with Crippen LogP contribution in [0.3, 0.4) is 0 Å². The highest BCUT2D eigenvalue weighted by Gasteiger charge is 2.10. The van der Waals surface area contributed by atoms with Crippen LogP contribution in [0.5, 0.6) is 0 Å². The lowest BCUT2D eigenvalue weighted by Crippen LogP contribution is -2.13. The molecule has 0 spiro atoms. The monoisotopic (exact) mass is 337 g/mol. The van der Waals surface area contributed by atoms with Crippen LogP contribution in [-0.2, 0) is 0 Å². The van der Waals surface area contributed by atoms with Gasteiger partial charge in [-0.05, 0) is 64.8 Å². The van der Waals surface area contributed by atoms with E-state index in [1.54, 1.807) is 37.3 Å². The van der Waals surface area contributed by atoms with Crippen LogP contribution in [0, 0.1) is 12.7 Å². The first-order valence-corrected chi connectivity index (χ1v) is 6.64. The van der Waals surface area contributed by atoms with Crippen LogP contribution in [0.2, 0.25) is 0 Å². The molecule has 0 saturated heterocycles. The molecule has 6 heteroatoms. The Bertz CT molecular complexity index is 644. The molecule has 0 saturated carbocycles. The molecule has 0 aliphatic heterocycles. The van der Waals surface area contributed by atoms with Gasteiger partial charge in [0.15, 0.2) is 0 Å². The van der Waals surface area contributed by atoms with E-state index < -0.39 is 5.82 Å². The number of anilines is 2. The first kappa shape index (κ1) is 14.5. The molecule has 0 aliphatic rings. The van der Waals surface area contributed by atoms with Crippen LogP contribution in [0.1, 0.15) is 15.9 Å². The van der Waals surface area contributed by atoms with Crippen molar-refractivity contribution in [3.8, 4) is 0 Å². The molecular formula is C14H13BrFN3O. The summed E-state index contributed by atoms with van der Waals surface area (Å²) in [6, 6.07) is 9.54. The fourth-order valence-corrected chi connectivity index (χ4v) is 2.15. The van der Waals surface area contributed by atoms with Crippen molar-refractivity contribution in [3.63, 3.8) is 0 Å². The van der Waals surface area contributed by atoms with Gasteiger partial charge in [-0.15, -0.1) is 0 Å². The number of halogens is 2. The average molecular weight is 338 g/mol. The number of aryl methyl sites for hydroxylation is 1. The van der Waals surface area contributed by atoms with E-state index in [-0.39, 0.29) is 5.91 Å². The molecular weight excluding hydrogens is 325 g/mol. The highest BCUT2D eigenvalue weighted by Crippen LogP contribution is 2.24. The van der Waals surface area contributed by atoms with Crippen LogP contribution in [0.15, 0.2) is 40.9 Å². The second-order valence-electron chi connectivity index (χ2n) is 4.26. The maximum Gasteiger partial charge on any atom is 0.255 e. The molecule has 4 N–H and O–H groups in total. The van der Waals surface area contributed by atoms with E-state index in [0.29, 0.717) is 21.4 Å². The van der Waals surface area contributed by atoms with Gasteiger partial charge in [-0.25, -0.2) is 4.39 Å². The Labute approximate surface area is 124 Å². The fraction of sp³-hybridized carbons (Fsp3) is 0.0714. The quantitative estimate of drug-likeness (QED) is 0.593. The van der Waals surface area contributed by atoms with Crippen molar-refractivity contribution in [2.24, 2.45) is 5.84 Å². The van der Waals surface area contributed by atoms with Crippen molar-refractivity contribution in [3.05, 3.63) is 57.8 Å². The standard InChI is InChI=1S/C14H13BrFN3O/c1-8-6-11(15)12(16)7-13(8)18-14(20)9-2-4-10(19-17)5-3-9/h2-7,19H,17H2,1H3,(H,18,20). The van der Waals surface area contributed by atoms with Gasteiger partial charge in [0.05, 0.1) is 4.47 Å². The molecule has 0 unspecified atom stereocenters. The van der Waals surface area contributed by atoms with Gasteiger partial charge in [-0.2, -0.15) is 0 Å². The normalized spacial score (nSPS) is 10.2. The van der Waals surface area contributed by atoms with Crippen LogP contribution in [0.4, 0.5) is 15.8 Å². The first-order valence-electron chi connectivity index (χ1n) is 5.85. The van der Waals surface area contributed by atoms with E-state index in [4.69, 9.17) is 5.84 Å². The number of nitrogens with one attached hydrogen (secondary N) is 2. The number of amides is 1. The lowest BCUT2D eigenvalue weighted by Gasteiger charge is -2.10. The highest BCUT2D eigenvalue weighted by atomic mass is 79.9. The number of hydrazine groups is 1. The number of nitrogen functional groups attached to an aromatic ring is 1. The van der Waals surface area contributed by atoms with Crippen LogP contribution in [0.25, 0.3) is 0 Å². The summed E-state index contributed by atoms with van der Waals surface area (Å²) in [6.45, 7) is 1.79. The van der Waals surface area contributed by atoms with Gasteiger partial charge < -0.3 is 10.7 Å². The topological polar surface area (TPSA) is 67.2 Å². The maximum absolute atomic E-state index is 13.5. The predicted octanol–water partition coefficient (Wildman–Crippen LogP) is 3.43. The smallest absolute Gasteiger partial charge is 0.255 e. The summed E-state index contributed by atoms with van der Waals surface area (Å²) in [6.07, 6.45) is 0. The molecule has 2 aromatic rings. The van der Waals surface area contributed by atoms with Gasteiger partial charge in [0.2, 0.25) is 0 Å². The minimum absolute atomic E-state index is 0.307. The fourth-order valence-electron chi connectivity index (χ4n) is 1.69. The van der Waals surface area contributed by atoms with E-state index >= 15 is 0 Å². The van der Waals surface area contributed by atoms with Crippen molar-refractivity contribution >= 4 is 33.2 Å². The second-order valence-corrected chi connectivity index (χ2v) is 5.11. The van der Waals surface area contributed by atoms with Gasteiger partial charge in [0, 0.05) is 16.9 Å². The van der Waals surface area contributed by atoms with E-state index in [9.17, 15) is 9.18 Å². The third-order valence-electron chi connectivity index (χ3n) is 2.83. The molecule has 104 valence electrons. The first-order chi connectivity index (χ1) is 9.51. The van der Waals surface area contributed by atoms with Gasteiger partial charge in [0.1, 0.15) is 5.82 Å². The largest absolute Gasteiger partial charge is 0.324 e. The molecule has 0 atom stereocenters. The Hall–Kier alpha value is -1.92. The number of carbonyl (C=O) groups excluding carboxylic acids is 1. The zero-order valence-corrected chi connectivity index (χ0v) is 12.3. The summed E-state index contributed by atoms with van der Waals surface area (Å²) in [4.78, 5) is 12.1. The van der Waals surface area contributed by atoms with E-state index in [2.05, 4.69) is 26.7 Å². The van der Waals surface area contributed by atoms with Crippen molar-refractivity contribution in [1.82, 2.24) is 0 Å². The number of carbonyl (C=O) groups is 1. The third kappa shape index (κ3) is 3.15. The Morgan fingerprint density at radius 1 is 1.25 bits per heavy atom. The second kappa shape index (κ2) is 6.02. The molecule has 0 radical (unpaired) electrons. The number of hydrogen-bond acceptors (Lipinski definition) is 3. The number of rotatable bonds is 3. The minimum Gasteiger partial charge on any atom is -0.324 e. The summed E-state index contributed by atoms with van der Waals surface area (Å²) in [5.74, 6) is 4.52. The average Bonchev–Trinajstić information content (AvgIpc) is 2.44. The number of nitrogens with two attached hydrogens (primary N) is 1. The van der Waals surface area contributed by atoms with Crippen LogP contribution >= 0.6 is 15.9 Å². The maximum atomic E-state index is 13.5. The third-order valence-corrected chi connectivity index (χ3v) is 3.44. The number of hydrogen-bond donors (Lipinski definition) is 3. The Balaban J connectivity index is 2.20. The molecule has 0 bridgehead atoms. The Morgan fingerprint density at radius 2 is 1.90 bits per heavy atom. The lowest BCUT2D eigenvalue weighted by molar-refractivity contribution is 0.102. The van der Waals surface area contributed by atoms with Gasteiger partial charge in [0.25, 0.3) is 5.91 Å². The minimum atomic E-state index is -0.423. The molecule has 4 nitrogen and oxygen atoms in total. The van der Waals surface area contributed by atoms with Crippen molar-refractivity contribution in [2.45, 2.75) is 6.92 Å². The van der Waals surface area contributed by atoms with E-state index in [1.165, 1.54) is 6.07 Å².